The average Bonchev–Trinajstić information content (AvgIpc) is 2.37. The number of rotatable bonds is 3. The molecule has 0 spiro atoms. The predicted octanol–water partition coefficient (Wildman–Crippen LogP) is 1.24. The Labute approximate surface area is 126 Å². The molecule has 116 valence electrons. The fourth-order valence-corrected chi connectivity index (χ4v) is 3.57. The fraction of sp³-hybridized carbons (Fsp3) is 0.857. The van der Waals surface area contributed by atoms with Gasteiger partial charge >= 0.3 is 5.97 Å². The molecule has 0 aromatic heterocycles. The minimum absolute atomic E-state index is 0. The molecule has 0 saturated heterocycles. The molecule has 20 heavy (non-hydrogen) atoms. The van der Waals surface area contributed by atoms with Gasteiger partial charge in [-0.15, -0.1) is 12.4 Å². The Bertz CT molecular complexity index is 350. The van der Waals surface area contributed by atoms with Gasteiger partial charge in [0.2, 0.25) is 5.91 Å². The molecule has 3 atom stereocenters. The zero-order valence-electron chi connectivity index (χ0n) is 12.1. The van der Waals surface area contributed by atoms with Crippen LogP contribution in [0.1, 0.15) is 39.0 Å². The number of esters is 1. The lowest BCUT2D eigenvalue weighted by molar-refractivity contribution is -0.145. The summed E-state index contributed by atoms with van der Waals surface area (Å²) in [4.78, 5) is 23.5. The Hall–Kier alpha value is -0.810. The third kappa shape index (κ3) is 3.64. The van der Waals surface area contributed by atoms with Gasteiger partial charge in [-0.05, 0) is 44.4 Å². The van der Waals surface area contributed by atoms with E-state index in [0.29, 0.717) is 11.8 Å². The van der Waals surface area contributed by atoms with E-state index >= 15 is 0 Å². The van der Waals surface area contributed by atoms with E-state index in [0.717, 1.165) is 25.7 Å². The average molecular weight is 305 g/mol. The van der Waals surface area contributed by atoms with Gasteiger partial charge < -0.3 is 15.8 Å². The van der Waals surface area contributed by atoms with Crippen LogP contribution in [-0.2, 0) is 14.3 Å². The zero-order valence-corrected chi connectivity index (χ0v) is 12.9. The third-order valence-corrected chi connectivity index (χ3v) is 4.70. The van der Waals surface area contributed by atoms with Crippen molar-refractivity contribution in [1.29, 1.82) is 0 Å². The van der Waals surface area contributed by atoms with Gasteiger partial charge in [-0.1, -0.05) is 6.42 Å². The maximum Gasteiger partial charge on any atom is 0.328 e. The van der Waals surface area contributed by atoms with Crippen LogP contribution in [0, 0.1) is 17.8 Å². The van der Waals surface area contributed by atoms with Gasteiger partial charge in [-0.25, -0.2) is 4.79 Å². The van der Waals surface area contributed by atoms with E-state index in [-0.39, 0.29) is 30.3 Å². The molecule has 0 aromatic rings. The van der Waals surface area contributed by atoms with Crippen molar-refractivity contribution in [2.45, 2.75) is 51.1 Å². The summed E-state index contributed by atoms with van der Waals surface area (Å²) in [5.74, 6) is 0.512. The summed E-state index contributed by atoms with van der Waals surface area (Å²) in [5, 5.41) is 2.75. The van der Waals surface area contributed by atoms with Crippen molar-refractivity contribution in [2.75, 3.05) is 7.11 Å². The Morgan fingerprint density at radius 2 is 1.80 bits per heavy atom. The molecule has 3 N–H and O–H groups in total. The summed E-state index contributed by atoms with van der Waals surface area (Å²) in [6.45, 7) is 1.65. The molecule has 2 bridgehead atoms. The van der Waals surface area contributed by atoms with Crippen LogP contribution in [0.15, 0.2) is 0 Å². The first-order valence-corrected chi connectivity index (χ1v) is 7.16. The first-order chi connectivity index (χ1) is 9.02. The SMILES string of the molecule is COC(=O)C(C)NC(=O)C1CC2CCCC(C1)C2N.Cl. The molecule has 2 fully saturated rings. The maximum absolute atomic E-state index is 12.2. The molecule has 5 nitrogen and oxygen atoms in total. The highest BCUT2D eigenvalue weighted by atomic mass is 35.5. The molecule has 2 rings (SSSR count). The largest absolute Gasteiger partial charge is 0.467 e. The number of hydrogen-bond donors (Lipinski definition) is 2. The van der Waals surface area contributed by atoms with Crippen molar-refractivity contribution in [1.82, 2.24) is 5.32 Å². The standard InChI is InChI=1S/C14H24N2O3.ClH/c1-8(14(18)19-2)16-13(17)11-6-9-4-3-5-10(7-11)12(9)15;/h8-12H,3-7,15H2,1-2H3,(H,16,17);1H. The topological polar surface area (TPSA) is 81.4 Å². The highest BCUT2D eigenvalue weighted by Crippen LogP contribution is 2.41. The predicted molar refractivity (Wildman–Crippen MR) is 78.4 cm³/mol. The van der Waals surface area contributed by atoms with Crippen LogP contribution in [0.2, 0.25) is 0 Å². The van der Waals surface area contributed by atoms with Crippen molar-refractivity contribution in [3.8, 4) is 0 Å². The summed E-state index contributed by atoms with van der Waals surface area (Å²) in [6.07, 6.45) is 5.22. The Kier molecular flexibility index (Phi) is 6.27. The number of carbonyl (C=O) groups excluding carboxylic acids is 2. The van der Waals surface area contributed by atoms with Crippen LogP contribution in [0.4, 0.5) is 0 Å². The van der Waals surface area contributed by atoms with Gasteiger partial charge in [0.05, 0.1) is 7.11 Å². The van der Waals surface area contributed by atoms with Crippen LogP contribution >= 0.6 is 12.4 Å². The molecule has 0 heterocycles. The number of carbonyl (C=O) groups is 2. The Morgan fingerprint density at radius 3 is 2.30 bits per heavy atom. The number of ether oxygens (including phenoxy) is 1. The number of methoxy groups -OCH3 is 1. The number of nitrogens with two attached hydrogens (primary N) is 1. The zero-order chi connectivity index (χ0) is 14.0. The fourth-order valence-electron chi connectivity index (χ4n) is 3.57. The molecule has 0 aromatic carbocycles. The summed E-state index contributed by atoms with van der Waals surface area (Å²) in [7, 11) is 1.33. The van der Waals surface area contributed by atoms with Crippen LogP contribution in [0.5, 0.6) is 0 Å². The van der Waals surface area contributed by atoms with Crippen molar-refractivity contribution < 1.29 is 14.3 Å². The maximum atomic E-state index is 12.2. The second-order valence-corrected chi connectivity index (χ2v) is 5.95. The molecular formula is C14H25ClN2O3. The molecule has 2 saturated carbocycles. The van der Waals surface area contributed by atoms with Crippen LogP contribution < -0.4 is 11.1 Å². The van der Waals surface area contributed by atoms with E-state index in [9.17, 15) is 9.59 Å². The number of halogens is 1. The smallest absolute Gasteiger partial charge is 0.328 e. The van der Waals surface area contributed by atoms with E-state index in [1.54, 1.807) is 6.92 Å². The molecule has 6 heteroatoms. The van der Waals surface area contributed by atoms with E-state index < -0.39 is 12.0 Å². The number of fused-ring (bicyclic) bond motifs is 2. The molecular weight excluding hydrogens is 280 g/mol. The molecule has 1 amide bonds. The molecule has 3 unspecified atom stereocenters. The van der Waals surface area contributed by atoms with E-state index in [2.05, 4.69) is 10.1 Å². The lowest BCUT2D eigenvalue weighted by Crippen LogP contribution is -2.50. The second-order valence-electron chi connectivity index (χ2n) is 5.95. The Balaban J connectivity index is 0.00000200. The van der Waals surface area contributed by atoms with Crippen LogP contribution in [0.25, 0.3) is 0 Å². The van der Waals surface area contributed by atoms with Crippen LogP contribution in [0.3, 0.4) is 0 Å². The summed E-state index contributed by atoms with van der Waals surface area (Å²) in [6, 6.07) is -0.316. The highest BCUT2D eigenvalue weighted by molar-refractivity contribution is 5.85. The first-order valence-electron chi connectivity index (χ1n) is 7.16. The monoisotopic (exact) mass is 304 g/mol. The van der Waals surface area contributed by atoms with E-state index in [1.165, 1.54) is 13.5 Å². The van der Waals surface area contributed by atoms with Gasteiger partial charge in [0.25, 0.3) is 0 Å². The van der Waals surface area contributed by atoms with Crippen molar-refractivity contribution in [3.05, 3.63) is 0 Å². The van der Waals surface area contributed by atoms with Gasteiger partial charge in [0, 0.05) is 12.0 Å². The van der Waals surface area contributed by atoms with Crippen molar-refractivity contribution in [3.63, 3.8) is 0 Å². The van der Waals surface area contributed by atoms with Gasteiger partial charge in [-0.3, -0.25) is 4.79 Å². The van der Waals surface area contributed by atoms with Gasteiger partial charge in [0.15, 0.2) is 0 Å². The molecule has 0 aliphatic heterocycles. The van der Waals surface area contributed by atoms with Crippen molar-refractivity contribution >= 4 is 24.3 Å². The summed E-state index contributed by atoms with van der Waals surface area (Å²) < 4.78 is 4.62. The molecule has 2 aliphatic rings. The lowest BCUT2D eigenvalue weighted by Gasteiger charge is -2.43. The summed E-state index contributed by atoms with van der Waals surface area (Å²) >= 11 is 0. The number of hydrogen-bond acceptors (Lipinski definition) is 4. The van der Waals surface area contributed by atoms with Crippen molar-refractivity contribution in [2.24, 2.45) is 23.5 Å². The second kappa shape index (κ2) is 7.27. The number of nitrogens with one attached hydrogen (secondary N) is 1. The van der Waals surface area contributed by atoms with E-state index in [4.69, 9.17) is 5.73 Å². The first kappa shape index (κ1) is 17.2. The molecule has 2 aliphatic carbocycles. The van der Waals surface area contributed by atoms with Gasteiger partial charge in [-0.2, -0.15) is 0 Å². The normalized spacial score (nSPS) is 33.5. The quantitative estimate of drug-likeness (QED) is 0.769. The third-order valence-electron chi connectivity index (χ3n) is 4.70. The highest BCUT2D eigenvalue weighted by Gasteiger charge is 2.40. The summed E-state index contributed by atoms with van der Waals surface area (Å²) in [5.41, 5.74) is 6.21. The minimum atomic E-state index is -0.576. The lowest BCUT2D eigenvalue weighted by atomic mass is 9.65. The van der Waals surface area contributed by atoms with E-state index in [1.807, 2.05) is 0 Å². The Morgan fingerprint density at radius 1 is 1.25 bits per heavy atom. The number of amides is 1. The van der Waals surface area contributed by atoms with Crippen LogP contribution in [-0.4, -0.2) is 31.1 Å². The molecule has 0 radical (unpaired) electrons. The minimum Gasteiger partial charge on any atom is -0.467 e. The van der Waals surface area contributed by atoms with Gasteiger partial charge in [0.1, 0.15) is 6.04 Å².